The van der Waals surface area contributed by atoms with Crippen LogP contribution in [-0.4, -0.2) is 26.5 Å². The SMILES string of the molecule is CCS(=O)(=O)CCOCc1ccc(N)cc1. The van der Waals surface area contributed by atoms with Crippen molar-refractivity contribution >= 4 is 15.5 Å². The Hall–Kier alpha value is -1.07. The lowest BCUT2D eigenvalue weighted by atomic mass is 10.2. The van der Waals surface area contributed by atoms with Gasteiger partial charge in [0.25, 0.3) is 0 Å². The van der Waals surface area contributed by atoms with Gasteiger partial charge in [0.1, 0.15) is 0 Å². The van der Waals surface area contributed by atoms with E-state index in [-0.39, 0.29) is 18.1 Å². The maximum atomic E-state index is 11.2. The quantitative estimate of drug-likeness (QED) is 0.602. The maximum Gasteiger partial charge on any atom is 0.152 e. The van der Waals surface area contributed by atoms with Crippen LogP contribution in [0.4, 0.5) is 5.69 Å². The molecular formula is C11H17NO3S. The largest absolute Gasteiger partial charge is 0.399 e. The molecule has 0 saturated heterocycles. The molecule has 0 aliphatic carbocycles. The van der Waals surface area contributed by atoms with Crippen LogP contribution in [0.25, 0.3) is 0 Å². The van der Waals surface area contributed by atoms with E-state index >= 15 is 0 Å². The molecule has 16 heavy (non-hydrogen) atoms. The molecule has 4 nitrogen and oxygen atoms in total. The van der Waals surface area contributed by atoms with Crippen LogP contribution in [0.3, 0.4) is 0 Å². The van der Waals surface area contributed by atoms with E-state index in [0.29, 0.717) is 12.3 Å². The van der Waals surface area contributed by atoms with Crippen molar-refractivity contribution in [1.29, 1.82) is 0 Å². The van der Waals surface area contributed by atoms with Crippen molar-refractivity contribution in [3.05, 3.63) is 29.8 Å². The molecule has 1 aromatic carbocycles. The molecule has 0 amide bonds. The summed E-state index contributed by atoms with van der Waals surface area (Å²) in [5.74, 6) is 0.247. The number of sulfone groups is 1. The minimum absolute atomic E-state index is 0.0818. The number of rotatable bonds is 6. The second kappa shape index (κ2) is 5.86. The first kappa shape index (κ1) is 13.0. The minimum Gasteiger partial charge on any atom is -0.399 e. The van der Waals surface area contributed by atoms with E-state index in [1.54, 1.807) is 19.1 Å². The first-order valence-corrected chi connectivity index (χ1v) is 6.98. The predicted molar refractivity (Wildman–Crippen MR) is 64.8 cm³/mol. The Labute approximate surface area is 96.3 Å². The summed E-state index contributed by atoms with van der Waals surface area (Å²) < 4.78 is 27.6. The molecule has 0 aliphatic rings. The van der Waals surface area contributed by atoms with Gasteiger partial charge in [0.05, 0.1) is 19.0 Å². The second-order valence-electron chi connectivity index (χ2n) is 3.53. The monoisotopic (exact) mass is 243 g/mol. The topological polar surface area (TPSA) is 69.4 Å². The van der Waals surface area contributed by atoms with Gasteiger partial charge in [-0.05, 0) is 17.7 Å². The number of hydrogen-bond acceptors (Lipinski definition) is 4. The molecule has 1 aromatic rings. The third-order valence-electron chi connectivity index (χ3n) is 2.23. The molecule has 0 spiro atoms. The average Bonchev–Trinajstić information content (AvgIpc) is 2.27. The Balaban J connectivity index is 2.29. The van der Waals surface area contributed by atoms with Gasteiger partial charge < -0.3 is 10.5 Å². The summed E-state index contributed by atoms with van der Waals surface area (Å²) in [7, 11) is -2.93. The molecule has 0 unspecified atom stereocenters. The van der Waals surface area contributed by atoms with Gasteiger partial charge in [-0.15, -0.1) is 0 Å². The molecule has 2 N–H and O–H groups in total. The summed E-state index contributed by atoms with van der Waals surface area (Å²) >= 11 is 0. The molecule has 1 rings (SSSR count). The fourth-order valence-electron chi connectivity index (χ4n) is 1.13. The lowest BCUT2D eigenvalue weighted by Crippen LogP contribution is -2.13. The summed E-state index contributed by atoms with van der Waals surface area (Å²) in [6.45, 7) is 2.29. The highest BCUT2D eigenvalue weighted by atomic mass is 32.2. The van der Waals surface area contributed by atoms with E-state index in [9.17, 15) is 8.42 Å². The summed E-state index contributed by atoms with van der Waals surface area (Å²) in [4.78, 5) is 0. The first-order valence-electron chi connectivity index (χ1n) is 5.16. The Morgan fingerprint density at radius 3 is 2.44 bits per heavy atom. The Morgan fingerprint density at radius 1 is 1.25 bits per heavy atom. The number of nitrogen functional groups attached to an aromatic ring is 1. The number of hydrogen-bond donors (Lipinski definition) is 1. The molecule has 0 atom stereocenters. The van der Waals surface area contributed by atoms with E-state index in [0.717, 1.165) is 5.56 Å². The highest BCUT2D eigenvalue weighted by Gasteiger charge is 2.06. The van der Waals surface area contributed by atoms with Gasteiger partial charge >= 0.3 is 0 Å². The van der Waals surface area contributed by atoms with E-state index in [2.05, 4.69) is 0 Å². The Kier molecular flexibility index (Phi) is 4.76. The minimum atomic E-state index is -2.93. The summed E-state index contributed by atoms with van der Waals surface area (Å²) in [5, 5.41) is 0. The smallest absolute Gasteiger partial charge is 0.152 e. The maximum absolute atomic E-state index is 11.2. The fourth-order valence-corrected chi connectivity index (χ4v) is 1.79. The number of ether oxygens (including phenoxy) is 1. The molecule has 0 bridgehead atoms. The molecule has 90 valence electrons. The number of nitrogens with two attached hydrogens (primary N) is 1. The van der Waals surface area contributed by atoms with Crippen molar-refractivity contribution in [2.24, 2.45) is 0 Å². The second-order valence-corrected chi connectivity index (χ2v) is 6.00. The molecule has 0 saturated carbocycles. The van der Waals surface area contributed by atoms with Crippen molar-refractivity contribution in [2.75, 3.05) is 23.8 Å². The molecule has 0 aromatic heterocycles. The first-order chi connectivity index (χ1) is 7.53. The lowest BCUT2D eigenvalue weighted by molar-refractivity contribution is 0.135. The van der Waals surface area contributed by atoms with Crippen molar-refractivity contribution in [1.82, 2.24) is 0 Å². The third-order valence-corrected chi connectivity index (χ3v) is 3.90. The predicted octanol–water partition coefficient (Wildman–Crippen LogP) is 1.22. The van der Waals surface area contributed by atoms with Gasteiger partial charge in [-0.1, -0.05) is 19.1 Å². The van der Waals surface area contributed by atoms with Gasteiger partial charge in [-0.25, -0.2) is 8.42 Å². The van der Waals surface area contributed by atoms with Crippen molar-refractivity contribution < 1.29 is 13.2 Å². The zero-order valence-electron chi connectivity index (χ0n) is 9.35. The van der Waals surface area contributed by atoms with Crippen LogP contribution in [0.2, 0.25) is 0 Å². The van der Waals surface area contributed by atoms with E-state index in [1.165, 1.54) is 0 Å². The molecule has 5 heteroatoms. The molecular weight excluding hydrogens is 226 g/mol. The molecule has 0 heterocycles. The van der Waals surface area contributed by atoms with Crippen molar-refractivity contribution in [3.8, 4) is 0 Å². The Morgan fingerprint density at radius 2 is 1.88 bits per heavy atom. The van der Waals surface area contributed by atoms with E-state index in [1.807, 2.05) is 12.1 Å². The van der Waals surface area contributed by atoms with E-state index in [4.69, 9.17) is 10.5 Å². The molecule has 0 aliphatic heterocycles. The van der Waals surface area contributed by atoms with Crippen molar-refractivity contribution in [2.45, 2.75) is 13.5 Å². The summed E-state index contributed by atoms with van der Waals surface area (Å²) in [6.07, 6.45) is 0. The normalized spacial score (nSPS) is 11.6. The van der Waals surface area contributed by atoms with Crippen LogP contribution in [0, 0.1) is 0 Å². The number of anilines is 1. The van der Waals surface area contributed by atoms with E-state index < -0.39 is 9.84 Å². The zero-order chi connectivity index (χ0) is 12.0. The van der Waals surface area contributed by atoms with Crippen LogP contribution in [-0.2, 0) is 21.2 Å². The summed E-state index contributed by atoms with van der Waals surface area (Å²) in [5.41, 5.74) is 7.23. The van der Waals surface area contributed by atoms with Crippen molar-refractivity contribution in [3.63, 3.8) is 0 Å². The van der Waals surface area contributed by atoms with Gasteiger partial charge in [0, 0.05) is 11.4 Å². The fraction of sp³-hybridized carbons (Fsp3) is 0.455. The Bertz CT molecular complexity index is 411. The highest BCUT2D eigenvalue weighted by Crippen LogP contribution is 2.06. The van der Waals surface area contributed by atoms with Crippen LogP contribution in [0.15, 0.2) is 24.3 Å². The number of benzene rings is 1. The van der Waals surface area contributed by atoms with Gasteiger partial charge in [0.2, 0.25) is 0 Å². The standard InChI is InChI=1S/C11H17NO3S/c1-2-16(13,14)8-7-15-9-10-3-5-11(12)6-4-10/h3-6H,2,7-9,12H2,1H3. The van der Waals surface area contributed by atoms with Crippen LogP contribution in [0.1, 0.15) is 12.5 Å². The highest BCUT2D eigenvalue weighted by molar-refractivity contribution is 7.91. The van der Waals surface area contributed by atoms with Crippen LogP contribution >= 0.6 is 0 Å². The zero-order valence-corrected chi connectivity index (χ0v) is 10.2. The van der Waals surface area contributed by atoms with Crippen LogP contribution < -0.4 is 5.73 Å². The van der Waals surface area contributed by atoms with Gasteiger partial charge in [0.15, 0.2) is 9.84 Å². The third kappa shape index (κ3) is 4.63. The lowest BCUT2D eigenvalue weighted by Gasteiger charge is -2.04. The van der Waals surface area contributed by atoms with Gasteiger partial charge in [-0.3, -0.25) is 0 Å². The van der Waals surface area contributed by atoms with Crippen LogP contribution in [0.5, 0.6) is 0 Å². The molecule has 0 fully saturated rings. The van der Waals surface area contributed by atoms with Gasteiger partial charge in [-0.2, -0.15) is 0 Å². The summed E-state index contributed by atoms with van der Waals surface area (Å²) in [6, 6.07) is 7.32. The average molecular weight is 243 g/mol. The molecule has 0 radical (unpaired) electrons.